The fourth-order valence-electron chi connectivity index (χ4n) is 8.14. The highest BCUT2D eigenvalue weighted by Gasteiger charge is 2.51. The third kappa shape index (κ3) is 4.10. The third-order valence-corrected chi connectivity index (χ3v) is 10.5. The van der Waals surface area contributed by atoms with Crippen molar-refractivity contribution in [3.8, 4) is 56.5 Å². The number of fused-ring (bicyclic) bond motifs is 11. The highest BCUT2D eigenvalue weighted by atomic mass is 16.5. The minimum Gasteiger partial charge on any atom is -0.455 e. The summed E-state index contributed by atoms with van der Waals surface area (Å²) < 4.78 is 7.24. The van der Waals surface area contributed by atoms with E-state index in [0.717, 1.165) is 61.5 Å². The molecule has 1 aliphatic heterocycles. The highest BCUT2D eigenvalue weighted by Crippen LogP contribution is 2.64. The summed E-state index contributed by atoms with van der Waals surface area (Å²) in [5.74, 6) is 2.30. The van der Waals surface area contributed by atoms with Crippen LogP contribution >= 0.6 is 0 Å². The van der Waals surface area contributed by atoms with Crippen molar-refractivity contribution >= 4 is 10.8 Å². The molecule has 0 amide bonds. The minimum atomic E-state index is -0.593. The second kappa shape index (κ2) is 10.8. The average molecular weight is 641 g/mol. The van der Waals surface area contributed by atoms with Gasteiger partial charge in [-0.05, 0) is 53.6 Å². The first kappa shape index (κ1) is 28.7. The van der Waals surface area contributed by atoms with E-state index in [1.165, 1.54) is 33.4 Å². The number of nitrogens with zero attached hydrogens (tertiary/aromatic N) is 2. The molecule has 0 N–H and O–H groups in total. The van der Waals surface area contributed by atoms with Gasteiger partial charge in [-0.2, -0.15) is 0 Å². The number of hydrogen-bond donors (Lipinski definition) is 0. The maximum absolute atomic E-state index is 7.24. The van der Waals surface area contributed by atoms with Gasteiger partial charge in [0.2, 0.25) is 0 Å². The smallest absolute Gasteiger partial charge is 0.164 e. The Balaban J connectivity index is 1.30. The molecule has 1 aliphatic carbocycles. The Morgan fingerprint density at radius 1 is 0.440 bits per heavy atom. The van der Waals surface area contributed by atoms with Gasteiger partial charge < -0.3 is 4.74 Å². The lowest BCUT2D eigenvalue weighted by Crippen LogP contribution is -2.32. The summed E-state index contributed by atoms with van der Waals surface area (Å²) in [6, 6.07) is 56.4. The molecule has 7 aromatic carbocycles. The van der Waals surface area contributed by atoms with E-state index in [1.54, 1.807) is 0 Å². The summed E-state index contributed by atoms with van der Waals surface area (Å²) in [6.45, 7) is 4.22. The number of benzene rings is 7. The molecular weight excluding hydrogens is 609 g/mol. The van der Waals surface area contributed by atoms with E-state index in [-0.39, 0.29) is 0 Å². The van der Waals surface area contributed by atoms with Gasteiger partial charge >= 0.3 is 0 Å². The molecular formula is C47H32N2O. The molecule has 0 atom stereocenters. The quantitative estimate of drug-likeness (QED) is 0.193. The van der Waals surface area contributed by atoms with Crippen molar-refractivity contribution in [2.45, 2.75) is 19.3 Å². The van der Waals surface area contributed by atoms with Crippen LogP contribution in [-0.2, 0) is 5.41 Å². The van der Waals surface area contributed by atoms with Crippen LogP contribution in [0, 0.1) is 13.8 Å². The van der Waals surface area contributed by atoms with Gasteiger partial charge in [0.05, 0.1) is 22.4 Å². The molecule has 0 radical (unpaired) electrons. The number of hydrogen-bond acceptors (Lipinski definition) is 3. The lowest BCUT2D eigenvalue weighted by molar-refractivity contribution is 0.443. The molecule has 1 aromatic heterocycles. The second-order valence-electron chi connectivity index (χ2n) is 13.5. The van der Waals surface area contributed by atoms with Crippen LogP contribution in [0.4, 0.5) is 0 Å². The monoisotopic (exact) mass is 640 g/mol. The van der Waals surface area contributed by atoms with E-state index in [2.05, 4.69) is 172 Å². The standard InChI is InChI=1S/C47H32N2O/c1-29-18-22-32(23-19-29)42-28-43(33-24-20-30(2)21-25-33)49-46(48-42)37-14-9-17-40-45(37)50-44-34-11-4-3-10-31(34)26-27-41(44)47(40)38-15-7-5-12-35(38)36-13-6-8-16-39(36)47/h3-28H,1-2H3. The molecule has 3 heteroatoms. The van der Waals surface area contributed by atoms with Crippen LogP contribution in [-0.4, -0.2) is 9.97 Å². The maximum atomic E-state index is 7.24. The molecule has 0 unspecified atom stereocenters. The molecule has 0 saturated heterocycles. The van der Waals surface area contributed by atoms with Crippen molar-refractivity contribution in [3.63, 3.8) is 0 Å². The van der Waals surface area contributed by atoms with Gasteiger partial charge in [0.1, 0.15) is 11.5 Å². The van der Waals surface area contributed by atoms with E-state index in [9.17, 15) is 0 Å². The van der Waals surface area contributed by atoms with E-state index in [4.69, 9.17) is 14.7 Å². The largest absolute Gasteiger partial charge is 0.455 e. The Bertz CT molecular complexity index is 2530. The highest BCUT2D eigenvalue weighted by molar-refractivity contribution is 5.96. The van der Waals surface area contributed by atoms with Crippen LogP contribution in [0.3, 0.4) is 0 Å². The first-order valence-corrected chi connectivity index (χ1v) is 17.2. The van der Waals surface area contributed by atoms with Crippen molar-refractivity contribution in [3.05, 3.63) is 191 Å². The summed E-state index contributed by atoms with van der Waals surface area (Å²) >= 11 is 0. The molecule has 2 heterocycles. The predicted octanol–water partition coefficient (Wildman–Crippen LogP) is 11.7. The fraction of sp³-hybridized carbons (Fsp3) is 0.0638. The van der Waals surface area contributed by atoms with Crippen LogP contribution in [0.2, 0.25) is 0 Å². The van der Waals surface area contributed by atoms with Gasteiger partial charge in [0.15, 0.2) is 5.82 Å². The normalized spacial score (nSPS) is 13.3. The summed E-state index contributed by atoms with van der Waals surface area (Å²) in [5.41, 5.74) is 13.8. The van der Waals surface area contributed by atoms with Crippen LogP contribution in [0.1, 0.15) is 33.4 Å². The van der Waals surface area contributed by atoms with E-state index in [1.807, 2.05) is 0 Å². The van der Waals surface area contributed by atoms with Crippen molar-refractivity contribution in [2.24, 2.45) is 0 Å². The van der Waals surface area contributed by atoms with E-state index >= 15 is 0 Å². The first-order valence-electron chi connectivity index (χ1n) is 17.2. The lowest BCUT2D eigenvalue weighted by atomic mass is 9.65. The van der Waals surface area contributed by atoms with Gasteiger partial charge in [-0.3, -0.25) is 0 Å². The van der Waals surface area contributed by atoms with Crippen molar-refractivity contribution in [1.82, 2.24) is 9.97 Å². The molecule has 0 bridgehead atoms. The van der Waals surface area contributed by atoms with Crippen LogP contribution in [0.5, 0.6) is 11.5 Å². The minimum absolute atomic E-state index is 0.593. The summed E-state index contributed by atoms with van der Waals surface area (Å²) in [4.78, 5) is 10.6. The number of aromatic nitrogens is 2. The zero-order valence-electron chi connectivity index (χ0n) is 27.8. The van der Waals surface area contributed by atoms with Gasteiger partial charge in [-0.25, -0.2) is 9.97 Å². The third-order valence-electron chi connectivity index (χ3n) is 10.5. The van der Waals surface area contributed by atoms with Crippen molar-refractivity contribution in [1.29, 1.82) is 0 Å². The summed E-state index contributed by atoms with van der Waals surface area (Å²) in [5, 5.41) is 2.22. The average Bonchev–Trinajstić information content (AvgIpc) is 3.46. The summed E-state index contributed by atoms with van der Waals surface area (Å²) in [6.07, 6.45) is 0. The maximum Gasteiger partial charge on any atom is 0.164 e. The zero-order valence-corrected chi connectivity index (χ0v) is 27.8. The van der Waals surface area contributed by atoms with Gasteiger partial charge in [0, 0.05) is 27.6 Å². The van der Waals surface area contributed by atoms with Crippen molar-refractivity contribution in [2.75, 3.05) is 0 Å². The Morgan fingerprint density at radius 2 is 0.960 bits per heavy atom. The number of rotatable bonds is 3. The second-order valence-corrected chi connectivity index (χ2v) is 13.5. The fourth-order valence-corrected chi connectivity index (χ4v) is 8.14. The van der Waals surface area contributed by atoms with Gasteiger partial charge in [-0.1, -0.05) is 157 Å². The van der Waals surface area contributed by atoms with E-state index in [0.29, 0.717) is 5.82 Å². The Kier molecular flexibility index (Phi) is 6.22. The van der Waals surface area contributed by atoms with Crippen LogP contribution < -0.4 is 4.74 Å². The predicted molar refractivity (Wildman–Crippen MR) is 203 cm³/mol. The first-order chi connectivity index (χ1) is 24.6. The number of ether oxygens (including phenoxy) is 1. The van der Waals surface area contributed by atoms with Crippen molar-refractivity contribution < 1.29 is 4.74 Å². The Labute approximate surface area is 291 Å². The molecule has 10 rings (SSSR count). The SMILES string of the molecule is Cc1ccc(-c2cc(-c3ccc(C)cc3)nc(-c3cccc4c3Oc3c(ccc5ccccc35)C43c4ccccc4-c4ccccc43)n2)cc1. The topological polar surface area (TPSA) is 35.0 Å². The molecule has 8 aromatic rings. The molecule has 0 fully saturated rings. The number of para-hydroxylation sites is 1. The Morgan fingerprint density at radius 3 is 1.60 bits per heavy atom. The number of aryl methyl sites for hydroxylation is 2. The molecule has 1 spiro atoms. The summed E-state index contributed by atoms with van der Waals surface area (Å²) in [7, 11) is 0. The van der Waals surface area contributed by atoms with Gasteiger partial charge in [-0.15, -0.1) is 0 Å². The molecule has 236 valence electrons. The molecule has 0 saturated carbocycles. The Hall–Kier alpha value is -6.32. The van der Waals surface area contributed by atoms with Crippen LogP contribution in [0.15, 0.2) is 158 Å². The van der Waals surface area contributed by atoms with Gasteiger partial charge in [0.25, 0.3) is 0 Å². The molecule has 50 heavy (non-hydrogen) atoms. The molecule has 3 nitrogen and oxygen atoms in total. The molecule has 2 aliphatic rings. The lowest BCUT2D eigenvalue weighted by Gasteiger charge is -2.40. The zero-order chi connectivity index (χ0) is 33.4. The van der Waals surface area contributed by atoms with E-state index < -0.39 is 5.41 Å². The van der Waals surface area contributed by atoms with Crippen LogP contribution in [0.25, 0.3) is 55.8 Å².